The number of aliphatic carboxylic acids is 1. The van der Waals surface area contributed by atoms with Crippen molar-refractivity contribution in [1.82, 2.24) is 9.97 Å². The highest BCUT2D eigenvalue weighted by atomic mass is 35.5. The number of nitrogens with zero attached hydrogens (tertiary/aromatic N) is 2. The van der Waals surface area contributed by atoms with Crippen molar-refractivity contribution in [2.24, 2.45) is 0 Å². The molecule has 0 fully saturated rings. The number of hydrogen-bond acceptors (Lipinski definition) is 3. The second kappa shape index (κ2) is 5.99. The lowest BCUT2D eigenvalue weighted by atomic mass is 9.98. The molecule has 1 heterocycles. The molecule has 0 amide bonds. The Balaban J connectivity index is 2.26. The van der Waals surface area contributed by atoms with Crippen molar-refractivity contribution in [3.63, 3.8) is 0 Å². The molecule has 1 aromatic carbocycles. The number of carboxylic acids is 1. The SMILES string of the molecule is O=C(O)C(Cc1cccc(Cl)c1)c1ncc(Cl)cn1. The van der Waals surface area contributed by atoms with Gasteiger partial charge in [0.15, 0.2) is 0 Å². The first-order chi connectivity index (χ1) is 9.06. The molecule has 0 radical (unpaired) electrons. The summed E-state index contributed by atoms with van der Waals surface area (Å²) >= 11 is 11.6. The first-order valence-electron chi connectivity index (χ1n) is 5.51. The Labute approximate surface area is 120 Å². The lowest BCUT2D eigenvalue weighted by molar-refractivity contribution is -0.139. The first-order valence-corrected chi connectivity index (χ1v) is 6.26. The largest absolute Gasteiger partial charge is 0.481 e. The highest BCUT2D eigenvalue weighted by molar-refractivity contribution is 6.30. The van der Waals surface area contributed by atoms with E-state index in [-0.39, 0.29) is 12.2 Å². The average molecular weight is 297 g/mol. The van der Waals surface area contributed by atoms with Gasteiger partial charge in [-0.3, -0.25) is 4.79 Å². The molecule has 2 aromatic rings. The molecule has 0 bridgehead atoms. The highest BCUT2D eigenvalue weighted by Crippen LogP contribution is 2.21. The van der Waals surface area contributed by atoms with Crippen LogP contribution in [0.5, 0.6) is 0 Å². The van der Waals surface area contributed by atoms with E-state index < -0.39 is 11.9 Å². The van der Waals surface area contributed by atoms with E-state index in [0.717, 1.165) is 5.56 Å². The molecule has 1 unspecified atom stereocenters. The van der Waals surface area contributed by atoms with Gasteiger partial charge in [0.1, 0.15) is 11.7 Å². The average Bonchev–Trinajstić information content (AvgIpc) is 2.37. The molecule has 0 saturated carbocycles. The quantitative estimate of drug-likeness (QED) is 0.941. The molecule has 19 heavy (non-hydrogen) atoms. The smallest absolute Gasteiger partial charge is 0.314 e. The van der Waals surface area contributed by atoms with Gasteiger partial charge in [0.05, 0.1) is 5.02 Å². The van der Waals surface area contributed by atoms with Crippen LogP contribution in [-0.4, -0.2) is 21.0 Å². The van der Waals surface area contributed by atoms with Crippen molar-refractivity contribution in [3.8, 4) is 0 Å². The summed E-state index contributed by atoms with van der Waals surface area (Å²) in [5.74, 6) is -1.57. The molecule has 1 N–H and O–H groups in total. The molecule has 0 saturated heterocycles. The van der Waals surface area contributed by atoms with Crippen LogP contribution in [0.2, 0.25) is 10.0 Å². The maximum Gasteiger partial charge on any atom is 0.314 e. The number of halogens is 2. The summed E-state index contributed by atoms with van der Waals surface area (Å²) < 4.78 is 0. The number of aromatic nitrogens is 2. The predicted octanol–water partition coefficient (Wildman–Crippen LogP) is 3.19. The van der Waals surface area contributed by atoms with Gasteiger partial charge in [-0.2, -0.15) is 0 Å². The Morgan fingerprint density at radius 1 is 1.21 bits per heavy atom. The maximum atomic E-state index is 11.3. The van der Waals surface area contributed by atoms with Crippen molar-refractivity contribution >= 4 is 29.2 Å². The number of benzene rings is 1. The van der Waals surface area contributed by atoms with Crippen LogP contribution in [0.25, 0.3) is 0 Å². The van der Waals surface area contributed by atoms with Gasteiger partial charge in [0.25, 0.3) is 0 Å². The van der Waals surface area contributed by atoms with E-state index in [2.05, 4.69) is 9.97 Å². The zero-order valence-corrected chi connectivity index (χ0v) is 11.3. The zero-order chi connectivity index (χ0) is 13.8. The van der Waals surface area contributed by atoms with Gasteiger partial charge in [-0.1, -0.05) is 35.3 Å². The second-order valence-electron chi connectivity index (χ2n) is 3.98. The summed E-state index contributed by atoms with van der Waals surface area (Å²) in [5, 5.41) is 10.2. The molecular weight excluding hydrogens is 287 g/mol. The summed E-state index contributed by atoms with van der Waals surface area (Å²) in [6.45, 7) is 0. The summed E-state index contributed by atoms with van der Waals surface area (Å²) in [6.07, 6.45) is 3.05. The molecule has 1 atom stereocenters. The Morgan fingerprint density at radius 2 is 1.89 bits per heavy atom. The lowest BCUT2D eigenvalue weighted by Crippen LogP contribution is -2.17. The minimum absolute atomic E-state index is 0.233. The number of carbonyl (C=O) groups is 1. The van der Waals surface area contributed by atoms with Crippen molar-refractivity contribution in [2.75, 3.05) is 0 Å². The topological polar surface area (TPSA) is 63.1 Å². The molecule has 2 rings (SSSR count). The first kappa shape index (κ1) is 13.8. The number of rotatable bonds is 4. The third-order valence-corrected chi connectivity index (χ3v) is 3.01. The van der Waals surface area contributed by atoms with Crippen LogP contribution in [0.4, 0.5) is 0 Å². The maximum absolute atomic E-state index is 11.3. The van der Waals surface area contributed by atoms with E-state index in [1.165, 1.54) is 12.4 Å². The minimum Gasteiger partial charge on any atom is -0.481 e. The number of carboxylic acid groups (broad SMARTS) is 1. The second-order valence-corrected chi connectivity index (χ2v) is 4.86. The third kappa shape index (κ3) is 3.66. The van der Waals surface area contributed by atoms with Crippen molar-refractivity contribution < 1.29 is 9.90 Å². The summed E-state index contributed by atoms with van der Waals surface area (Å²) in [4.78, 5) is 19.3. The Kier molecular flexibility index (Phi) is 4.35. The molecule has 0 aliphatic heterocycles. The van der Waals surface area contributed by atoms with Crippen molar-refractivity contribution in [2.45, 2.75) is 12.3 Å². The summed E-state index contributed by atoms with van der Waals surface area (Å²) in [6, 6.07) is 7.06. The van der Waals surface area contributed by atoms with Crippen LogP contribution < -0.4 is 0 Å². The van der Waals surface area contributed by atoms with Crippen LogP contribution in [-0.2, 0) is 11.2 Å². The molecule has 0 aliphatic rings. The van der Waals surface area contributed by atoms with Crippen LogP contribution in [0.3, 0.4) is 0 Å². The lowest BCUT2D eigenvalue weighted by Gasteiger charge is -2.11. The predicted molar refractivity (Wildman–Crippen MR) is 72.6 cm³/mol. The van der Waals surface area contributed by atoms with Gasteiger partial charge in [0, 0.05) is 17.4 Å². The van der Waals surface area contributed by atoms with Gasteiger partial charge >= 0.3 is 5.97 Å². The number of hydrogen-bond donors (Lipinski definition) is 1. The summed E-state index contributed by atoms with van der Waals surface area (Å²) in [7, 11) is 0. The third-order valence-electron chi connectivity index (χ3n) is 2.58. The van der Waals surface area contributed by atoms with E-state index in [9.17, 15) is 9.90 Å². The fourth-order valence-electron chi connectivity index (χ4n) is 1.69. The van der Waals surface area contributed by atoms with Crippen molar-refractivity contribution in [3.05, 3.63) is 58.1 Å². The summed E-state index contributed by atoms with van der Waals surface area (Å²) in [5.41, 5.74) is 0.818. The van der Waals surface area contributed by atoms with E-state index >= 15 is 0 Å². The minimum atomic E-state index is -0.984. The Hall–Kier alpha value is -1.65. The van der Waals surface area contributed by atoms with E-state index in [4.69, 9.17) is 23.2 Å². The standard InChI is InChI=1S/C13H10Cl2N2O2/c14-9-3-1-2-8(4-9)5-11(13(18)19)12-16-6-10(15)7-17-12/h1-4,6-7,11H,5H2,(H,18,19). The fourth-order valence-corrected chi connectivity index (χ4v) is 2.00. The monoisotopic (exact) mass is 296 g/mol. The van der Waals surface area contributed by atoms with Crippen LogP contribution >= 0.6 is 23.2 Å². The van der Waals surface area contributed by atoms with Crippen LogP contribution in [0, 0.1) is 0 Å². The van der Waals surface area contributed by atoms with Crippen LogP contribution in [0.1, 0.15) is 17.3 Å². The van der Waals surface area contributed by atoms with E-state index in [1.54, 1.807) is 18.2 Å². The van der Waals surface area contributed by atoms with Gasteiger partial charge in [-0.15, -0.1) is 0 Å². The normalized spacial score (nSPS) is 12.1. The molecular formula is C13H10Cl2N2O2. The molecule has 1 aromatic heterocycles. The van der Waals surface area contributed by atoms with Gasteiger partial charge in [-0.05, 0) is 24.1 Å². The Morgan fingerprint density at radius 3 is 2.47 bits per heavy atom. The molecule has 98 valence electrons. The highest BCUT2D eigenvalue weighted by Gasteiger charge is 2.23. The van der Waals surface area contributed by atoms with Gasteiger partial charge in [0.2, 0.25) is 0 Å². The Bertz CT molecular complexity index is 587. The zero-order valence-electron chi connectivity index (χ0n) is 9.75. The molecule has 0 aliphatic carbocycles. The van der Waals surface area contributed by atoms with E-state index in [0.29, 0.717) is 10.0 Å². The molecule has 4 nitrogen and oxygen atoms in total. The van der Waals surface area contributed by atoms with Gasteiger partial charge in [-0.25, -0.2) is 9.97 Å². The van der Waals surface area contributed by atoms with E-state index in [1.807, 2.05) is 6.07 Å². The molecule has 0 spiro atoms. The van der Waals surface area contributed by atoms with Crippen LogP contribution in [0.15, 0.2) is 36.7 Å². The molecule has 6 heteroatoms. The fraction of sp³-hybridized carbons (Fsp3) is 0.154. The van der Waals surface area contributed by atoms with Gasteiger partial charge < -0.3 is 5.11 Å². The van der Waals surface area contributed by atoms with Crippen molar-refractivity contribution in [1.29, 1.82) is 0 Å².